The fourth-order valence-electron chi connectivity index (χ4n) is 2.18. The Balaban J connectivity index is 2.01. The number of hydrogen-bond donors (Lipinski definition) is 1. The number of carbonyl (C=O) groups excluding carboxylic acids is 2. The minimum Gasteiger partial charge on any atom is -0.323 e. The highest BCUT2D eigenvalue weighted by Crippen LogP contribution is 2.18. The first kappa shape index (κ1) is 12.6. The van der Waals surface area contributed by atoms with Crippen molar-refractivity contribution < 1.29 is 9.59 Å². The maximum Gasteiger partial charge on any atom is 0.324 e. The fraction of sp³-hybridized carbons (Fsp3) is 0.429. The van der Waals surface area contributed by atoms with E-state index in [9.17, 15) is 9.59 Å². The lowest BCUT2D eigenvalue weighted by Gasteiger charge is -2.32. The fourth-order valence-corrected chi connectivity index (χ4v) is 2.18. The summed E-state index contributed by atoms with van der Waals surface area (Å²) in [4.78, 5) is 24.8. The van der Waals surface area contributed by atoms with Crippen molar-refractivity contribution in [3.8, 4) is 0 Å². The number of rotatable bonds is 3. The largest absolute Gasteiger partial charge is 0.324 e. The molecule has 4 nitrogen and oxygen atoms in total. The second-order valence-electron chi connectivity index (χ2n) is 4.91. The molecule has 0 bridgehead atoms. The van der Waals surface area contributed by atoms with Crippen molar-refractivity contribution in [2.45, 2.75) is 19.8 Å². The van der Waals surface area contributed by atoms with E-state index in [2.05, 4.69) is 24.4 Å². The molecule has 1 saturated heterocycles. The van der Waals surface area contributed by atoms with E-state index < -0.39 is 0 Å². The second-order valence-corrected chi connectivity index (χ2v) is 4.91. The molecule has 1 aliphatic heterocycles. The van der Waals surface area contributed by atoms with Crippen LogP contribution in [0.5, 0.6) is 0 Å². The van der Waals surface area contributed by atoms with Crippen molar-refractivity contribution in [3.05, 3.63) is 35.9 Å². The molecule has 2 rings (SSSR count). The Labute approximate surface area is 107 Å². The third-order valence-corrected chi connectivity index (χ3v) is 3.32. The molecule has 2 unspecified atom stereocenters. The molecule has 0 saturated carbocycles. The summed E-state index contributed by atoms with van der Waals surface area (Å²) >= 11 is 0. The Kier molecular flexibility index (Phi) is 3.65. The summed E-state index contributed by atoms with van der Waals surface area (Å²) in [6, 6.07) is 9.80. The predicted octanol–water partition coefficient (Wildman–Crippen LogP) is 1.98. The van der Waals surface area contributed by atoms with Gasteiger partial charge in [0, 0.05) is 13.1 Å². The molecule has 1 aliphatic rings. The lowest BCUT2D eigenvalue weighted by molar-refractivity contribution is -0.125. The molecule has 2 atom stereocenters. The highest BCUT2D eigenvalue weighted by molar-refractivity contribution is 5.97. The van der Waals surface area contributed by atoms with Gasteiger partial charge in [0.1, 0.15) is 0 Å². The van der Waals surface area contributed by atoms with E-state index in [-0.39, 0.29) is 23.8 Å². The van der Waals surface area contributed by atoms with E-state index in [4.69, 9.17) is 0 Å². The molecule has 3 amide bonds. The normalized spacial score (nSPS) is 21.7. The first-order valence-corrected chi connectivity index (χ1v) is 6.22. The quantitative estimate of drug-likeness (QED) is 0.886. The number of benzene rings is 1. The smallest absolute Gasteiger partial charge is 0.323 e. The average Bonchev–Trinajstić information content (AvgIpc) is 2.37. The number of urea groups is 1. The third-order valence-electron chi connectivity index (χ3n) is 3.32. The van der Waals surface area contributed by atoms with E-state index in [1.54, 1.807) is 4.90 Å². The van der Waals surface area contributed by atoms with E-state index in [0.29, 0.717) is 13.1 Å². The van der Waals surface area contributed by atoms with Crippen LogP contribution in [0.25, 0.3) is 0 Å². The van der Waals surface area contributed by atoms with Gasteiger partial charge in [-0.1, -0.05) is 44.2 Å². The van der Waals surface area contributed by atoms with Crippen LogP contribution in [0.15, 0.2) is 30.3 Å². The first-order chi connectivity index (χ1) is 8.58. The van der Waals surface area contributed by atoms with Gasteiger partial charge in [0.25, 0.3) is 0 Å². The van der Waals surface area contributed by atoms with Crippen molar-refractivity contribution in [3.63, 3.8) is 0 Å². The van der Waals surface area contributed by atoms with Crippen LogP contribution in [-0.2, 0) is 4.79 Å². The number of imide groups is 1. The molecular formula is C14H18N2O2. The van der Waals surface area contributed by atoms with Gasteiger partial charge in [-0.25, -0.2) is 4.79 Å². The van der Waals surface area contributed by atoms with Crippen molar-refractivity contribution in [2.75, 3.05) is 13.1 Å². The number of nitrogens with zero attached hydrogens (tertiary/aromatic N) is 1. The molecule has 1 N–H and O–H groups in total. The van der Waals surface area contributed by atoms with Crippen LogP contribution in [0.1, 0.15) is 25.3 Å². The number of hydrogen-bond acceptors (Lipinski definition) is 2. The molecule has 0 aliphatic carbocycles. The summed E-state index contributed by atoms with van der Waals surface area (Å²) in [5.41, 5.74) is 1.20. The van der Waals surface area contributed by atoms with Gasteiger partial charge in [-0.3, -0.25) is 10.1 Å². The summed E-state index contributed by atoms with van der Waals surface area (Å²) in [5, 5.41) is 2.38. The van der Waals surface area contributed by atoms with Crippen LogP contribution in [0.4, 0.5) is 4.79 Å². The summed E-state index contributed by atoms with van der Waals surface area (Å²) < 4.78 is 0. The molecule has 0 aromatic heterocycles. The Morgan fingerprint density at radius 2 is 2.00 bits per heavy atom. The third kappa shape index (κ3) is 2.70. The average molecular weight is 246 g/mol. The van der Waals surface area contributed by atoms with Crippen LogP contribution >= 0.6 is 0 Å². The number of nitrogens with one attached hydrogen (secondary N) is 1. The lowest BCUT2D eigenvalue weighted by Crippen LogP contribution is -2.54. The molecule has 0 spiro atoms. The zero-order valence-electron chi connectivity index (χ0n) is 10.7. The summed E-state index contributed by atoms with van der Waals surface area (Å²) in [5.74, 6) is -0.0494. The first-order valence-electron chi connectivity index (χ1n) is 6.22. The van der Waals surface area contributed by atoms with Crippen LogP contribution in [-0.4, -0.2) is 29.9 Å². The maximum atomic E-state index is 11.7. The molecule has 1 aromatic rings. The van der Waals surface area contributed by atoms with E-state index >= 15 is 0 Å². The van der Waals surface area contributed by atoms with Gasteiger partial charge in [0.2, 0.25) is 5.91 Å². The second kappa shape index (κ2) is 5.21. The molecule has 1 heterocycles. The van der Waals surface area contributed by atoms with Gasteiger partial charge < -0.3 is 4.90 Å². The molecule has 4 heteroatoms. The van der Waals surface area contributed by atoms with Crippen molar-refractivity contribution in [2.24, 2.45) is 5.92 Å². The van der Waals surface area contributed by atoms with Gasteiger partial charge in [0.15, 0.2) is 0 Å². The van der Waals surface area contributed by atoms with Crippen LogP contribution < -0.4 is 5.32 Å². The van der Waals surface area contributed by atoms with Gasteiger partial charge in [0.05, 0.1) is 5.92 Å². The van der Waals surface area contributed by atoms with Crippen LogP contribution in [0, 0.1) is 5.92 Å². The number of carbonyl (C=O) groups is 2. The predicted molar refractivity (Wildman–Crippen MR) is 69.1 cm³/mol. The topological polar surface area (TPSA) is 49.4 Å². The van der Waals surface area contributed by atoms with Gasteiger partial charge in [-0.2, -0.15) is 0 Å². The van der Waals surface area contributed by atoms with Crippen molar-refractivity contribution in [1.29, 1.82) is 0 Å². The zero-order valence-corrected chi connectivity index (χ0v) is 10.7. The molecule has 18 heavy (non-hydrogen) atoms. The van der Waals surface area contributed by atoms with E-state index in [1.807, 2.05) is 25.1 Å². The Morgan fingerprint density at radius 3 is 2.67 bits per heavy atom. The highest BCUT2D eigenvalue weighted by Gasteiger charge is 2.29. The molecular weight excluding hydrogens is 228 g/mol. The standard InChI is InChI=1S/C14H18N2O2/c1-10(12-6-4-3-5-7-12)8-16-9-11(2)13(17)15-14(16)18/h3-7,10-11H,8-9H2,1-2H3,(H,15,17,18). The summed E-state index contributed by atoms with van der Waals surface area (Å²) in [7, 11) is 0. The monoisotopic (exact) mass is 246 g/mol. The maximum absolute atomic E-state index is 11.7. The minimum absolute atomic E-state index is 0.134. The highest BCUT2D eigenvalue weighted by atomic mass is 16.2. The van der Waals surface area contributed by atoms with E-state index in [0.717, 1.165) is 0 Å². The SMILES string of the molecule is CC1CN(CC(C)c2ccccc2)C(=O)NC1=O. The van der Waals surface area contributed by atoms with Gasteiger partial charge in [-0.15, -0.1) is 0 Å². The summed E-state index contributed by atoms with van der Waals surface area (Å²) in [6.45, 7) is 5.06. The molecule has 1 aromatic carbocycles. The molecule has 0 radical (unpaired) electrons. The molecule has 1 fully saturated rings. The van der Waals surface area contributed by atoms with Gasteiger partial charge in [-0.05, 0) is 11.5 Å². The Morgan fingerprint density at radius 1 is 1.33 bits per heavy atom. The van der Waals surface area contributed by atoms with Crippen LogP contribution in [0.2, 0.25) is 0 Å². The van der Waals surface area contributed by atoms with Crippen LogP contribution in [0.3, 0.4) is 0 Å². The minimum atomic E-state index is -0.277. The van der Waals surface area contributed by atoms with Crippen molar-refractivity contribution >= 4 is 11.9 Å². The Bertz CT molecular complexity index is 444. The van der Waals surface area contributed by atoms with E-state index in [1.165, 1.54) is 5.56 Å². The lowest BCUT2D eigenvalue weighted by atomic mass is 9.99. The zero-order chi connectivity index (χ0) is 13.1. The summed E-state index contributed by atoms with van der Waals surface area (Å²) in [6.07, 6.45) is 0. The Hall–Kier alpha value is -1.84. The van der Waals surface area contributed by atoms with Crippen molar-refractivity contribution in [1.82, 2.24) is 10.2 Å². The number of amides is 3. The molecule has 96 valence electrons. The van der Waals surface area contributed by atoms with Gasteiger partial charge >= 0.3 is 6.03 Å².